The molecule has 8 nitrogen and oxygen atoms in total. The van der Waals surface area contributed by atoms with Gasteiger partial charge in [-0.2, -0.15) is 0 Å². The SMILES string of the molecule is c1ccc(C(c2ccccc2)(c2ccccc2)c2cc(-c3ncc[nH]3)c(-c3ncc[nH]3)c(-c3ncc[nH]3)c2-c2ncc[nH]2)cc1. The van der Waals surface area contributed by atoms with Gasteiger partial charge in [-0.1, -0.05) is 91.0 Å². The van der Waals surface area contributed by atoms with E-state index in [4.69, 9.17) is 19.9 Å². The van der Waals surface area contributed by atoms with Gasteiger partial charge in [0.1, 0.15) is 23.3 Å². The van der Waals surface area contributed by atoms with E-state index in [-0.39, 0.29) is 0 Å². The Morgan fingerprint density at radius 3 is 1.18 bits per heavy atom. The van der Waals surface area contributed by atoms with Crippen LogP contribution in [0.3, 0.4) is 0 Å². The fourth-order valence-electron chi connectivity index (χ4n) is 6.54. The first-order valence-electron chi connectivity index (χ1n) is 14.7. The molecular weight excluding hydrogens is 556 g/mol. The lowest BCUT2D eigenvalue weighted by atomic mass is 9.62. The van der Waals surface area contributed by atoms with Gasteiger partial charge in [0.15, 0.2) is 0 Å². The molecule has 0 aliphatic rings. The van der Waals surface area contributed by atoms with E-state index in [0.29, 0.717) is 23.3 Å². The summed E-state index contributed by atoms with van der Waals surface area (Å²) in [5.41, 5.74) is 7.02. The van der Waals surface area contributed by atoms with Gasteiger partial charge in [0.05, 0.1) is 5.41 Å². The number of benzene rings is 4. The van der Waals surface area contributed by atoms with Crippen LogP contribution in [0.2, 0.25) is 0 Å². The lowest BCUT2D eigenvalue weighted by Crippen LogP contribution is -2.32. The third kappa shape index (κ3) is 4.31. The maximum atomic E-state index is 4.88. The molecule has 4 N–H and O–H groups in total. The highest BCUT2D eigenvalue weighted by Gasteiger charge is 2.43. The van der Waals surface area contributed by atoms with Gasteiger partial charge in [-0.15, -0.1) is 0 Å². The summed E-state index contributed by atoms with van der Waals surface area (Å²) in [7, 11) is 0. The Kier molecular flexibility index (Phi) is 6.50. The number of hydrogen-bond acceptors (Lipinski definition) is 4. The van der Waals surface area contributed by atoms with E-state index >= 15 is 0 Å². The fraction of sp³-hybridized carbons (Fsp3) is 0.0270. The molecule has 8 rings (SSSR count). The Morgan fingerprint density at radius 2 is 0.778 bits per heavy atom. The first-order chi connectivity index (χ1) is 22.4. The molecule has 0 aliphatic carbocycles. The first-order valence-corrected chi connectivity index (χ1v) is 14.7. The lowest BCUT2D eigenvalue weighted by Gasteiger charge is -2.39. The molecule has 216 valence electrons. The van der Waals surface area contributed by atoms with E-state index in [2.05, 4.69) is 117 Å². The van der Waals surface area contributed by atoms with Gasteiger partial charge in [-0.25, -0.2) is 19.9 Å². The molecule has 4 aromatic carbocycles. The van der Waals surface area contributed by atoms with Gasteiger partial charge in [-0.05, 0) is 28.3 Å². The van der Waals surface area contributed by atoms with E-state index in [0.717, 1.165) is 44.5 Å². The van der Waals surface area contributed by atoms with Crippen molar-refractivity contribution in [3.8, 4) is 45.6 Å². The average Bonchev–Trinajstić information content (AvgIpc) is 3.95. The summed E-state index contributed by atoms with van der Waals surface area (Å²) in [6.07, 6.45) is 14.4. The van der Waals surface area contributed by atoms with Gasteiger partial charge in [-0.3, -0.25) is 0 Å². The molecule has 0 aliphatic heterocycles. The summed E-state index contributed by atoms with van der Waals surface area (Å²) in [5.74, 6) is 2.80. The predicted octanol–water partition coefficient (Wildman–Crippen LogP) is 7.63. The van der Waals surface area contributed by atoms with Crippen molar-refractivity contribution in [1.82, 2.24) is 39.9 Å². The zero-order valence-electron chi connectivity index (χ0n) is 24.1. The number of H-pyrrole nitrogens is 4. The second kappa shape index (κ2) is 11.1. The minimum Gasteiger partial charge on any atom is -0.345 e. The molecule has 0 unspecified atom stereocenters. The van der Waals surface area contributed by atoms with Crippen LogP contribution in [0.1, 0.15) is 22.3 Å². The Morgan fingerprint density at radius 1 is 0.400 bits per heavy atom. The third-order valence-electron chi connectivity index (χ3n) is 8.31. The van der Waals surface area contributed by atoms with E-state index in [1.54, 1.807) is 24.8 Å². The van der Waals surface area contributed by atoms with Crippen molar-refractivity contribution in [2.24, 2.45) is 0 Å². The monoisotopic (exact) mass is 584 g/mol. The number of nitrogens with zero attached hydrogens (tertiary/aromatic N) is 4. The van der Waals surface area contributed by atoms with Crippen LogP contribution in [-0.2, 0) is 5.41 Å². The summed E-state index contributed by atoms with van der Waals surface area (Å²) in [5, 5.41) is 0. The molecule has 0 spiro atoms. The maximum Gasteiger partial charge on any atom is 0.138 e. The van der Waals surface area contributed by atoms with Crippen molar-refractivity contribution in [3.63, 3.8) is 0 Å². The van der Waals surface area contributed by atoms with Crippen LogP contribution in [0.25, 0.3) is 45.6 Å². The second-order valence-electron chi connectivity index (χ2n) is 10.7. The lowest BCUT2D eigenvalue weighted by molar-refractivity contribution is 0.746. The minimum atomic E-state index is -0.781. The van der Waals surface area contributed by atoms with Crippen LogP contribution in [-0.4, -0.2) is 39.9 Å². The Hall–Kier alpha value is -6.28. The summed E-state index contributed by atoms with van der Waals surface area (Å²) >= 11 is 0. The molecule has 4 aromatic heterocycles. The Labute approximate surface area is 259 Å². The Bertz CT molecular complexity index is 2020. The number of aromatic amines is 4. The molecule has 0 atom stereocenters. The summed E-state index contributed by atoms with van der Waals surface area (Å²) in [6.45, 7) is 0. The fourth-order valence-corrected chi connectivity index (χ4v) is 6.54. The standard InChI is InChI=1S/C37H28N8/c1-4-10-25(11-5-1)37(26-12-6-2-7-13-26,27-14-8-3-9-15-27)29-24-28(33-38-16-17-39-33)30(34-40-18-19-41-34)32(36-44-22-23-45-36)31(29)35-42-20-21-43-35/h1-24H,(H,38,39)(H,40,41)(H,42,43)(H,44,45). The van der Waals surface area contributed by atoms with Gasteiger partial charge in [0.2, 0.25) is 0 Å². The van der Waals surface area contributed by atoms with Gasteiger partial charge in [0, 0.05) is 71.8 Å². The molecule has 4 heterocycles. The largest absolute Gasteiger partial charge is 0.345 e. The maximum absolute atomic E-state index is 4.88. The van der Waals surface area contributed by atoms with Crippen LogP contribution in [0.4, 0.5) is 0 Å². The normalized spacial score (nSPS) is 11.6. The van der Waals surface area contributed by atoms with Crippen LogP contribution >= 0.6 is 0 Å². The van der Waals surface area contributed by atoms with Crippen LogP contribution in [0.5, 0.6) is 0 Å². The highest BCUT2D eigenvalue weighted by atomic mass is 14.9. The number of imidazole rings is 4. The first kappa shape index (κ1) is 26.4. The molecule has 0 saturated carbocycles. The number of hydrogen-bond donors (Lipinski definition) is 4. The molecule has 8 heteroatoms. The number of nitrogens with one attached hydrogen (secondary N) is 4. The second-order valence-corrected chi connectivity index (χ2v) is 10.7. The summed E-state index contributed by atoms with van der Waals surface area (Å²) < 4.78 is 0. The molecule has 0 amide bonds. The quantitative estimate of drug-likeness (QED) is 0.138. The van der Waals surface area contributed by atoms with E-state index in [9.17, 15) is 0 Å². The zero-order valence-corrected chi connectivity index (χ0v) is 24.1. The number of rotatable bonds is 8. The topological polar surface area (TPSA) is 115 Å². The predicted molar refractivity (Wildman–Crippen MR) is 175 cm³/mol. The molecule has 8 aromatic rings. The highest BCUT2D eigenvalue weighted by Crippen LogP contribution is 2.53. The van der Waals surface area contributed by atoms with Crippen molar-refractivity contribution in [2.45, 2.75) is 5.41 Å². The molecular formula is C37H28N8. The van der Waals surface area contributed by atoms with E-state index in [1.807, 2.05) is 24.8 Å². The van der Waals surface area contributed by atoms with E-state index < -0.39 is 5.41 Å². The van der Waals surface area contributed by atoms with Crippen molar-refractivity contribution in [3.05, 3.63) is 169 Å². The highest BCUT2D eigenvalue weighted by molar-refractivity contribution is 5.99. The van der Waals surface area contributed by atoms with Gasteiger partial charge in [0.25, 0.3) is 0 Å². The molecule has 45 heavy (non-hydrogen) atoms. The number of aromatic nitrogens is 8. The van der Waals surface area contributed by atoms with Crippen molar-refractivity contribution >= 4 is 0 Å². The summed E-state index contributed by atoms with van der Waals surface area (Å²) in [6, 6.07) is 34.2. The van der Waals surface area contributed by atoms with Crippen molar-refractivity contribution in [2.75, 3.05) is 0 Å². The van der Waals surface area contributed by atoms with Crippen molar-refractivity contribution < 1.29 is 0 Å². The molecule has 0 radical (unpaired) electrons. The summed E-state index contributed by atoms with van der Waals surface area (Å²) in [4.78, 5) is 32.8. The van der Waals surface area contributed by atoms with Crippen molar-refractivity contribution in [1.29, 1.82) is 0 Å². The van der Waals surface area contributed by atoms with Gasteiger partial charge >= 0.3 is 0 Å². The minimum absolute atomic E-state index is 0.686. The van der Waals surface area contributed by atoms with Crippen LogP contribution in [0, 0.1) is 0 Å². The zero-order chi connectivity index (χ0) is 30.1. The van der Waals surface area contributed by atoms with Gasteiger partial charge < -0.3 is 19.9 Å². The van der Waals surface area contributed by atoms with E-state index in [1.165, 1.54) is 0 Å². The van der Waals surface area contributed by atoms with Crippen LogP contribution < -0.4 is 0 Å². The average molecular weight is 585 g/mol. The Balaban J connectivity index is 1.65. The van der Waals surface area contributed by atoms with Crippen LogP contribution in [0.15, 0.2) is 147 Å². The molecule has 0 bridgehead atoms. The smallest absolute Gasteiger partial charge is 0.138 e. The third-order valence-corrected chi connectivity index (χ3v) is 8.31. The molecule has 0 saturated heterocycles. The molecule has 0 fully saturated rings.